The third kappa shape index (κ3) is 6.09. The molecule has 210 valence electrons. The van der Waals surface area contributed by atoms with Crippen LogP contribution in [0.4, 0.5) is 27.8 Å². The van der Waals surface area contributed by atoms with E-state index in [0.717, 1.165) is 30.0 Å². The molecule has 1 saturated heterocycles. The van der Waals surface area contributed by atoms with E-state index in [-0.39, 0.29) is 12.0 Å². The van der Waals surface area contributed by atoms with Crippen molar-refractivity contribution in [3.8, 4) is 0 Å². The first kappa shape index (κ1) is 28.3. The number of piperazine rings is 1. The van der Waals surface area contributed by atoms with Gasteiger partial charge >= 0.3 is 6.09 Å². The minimum Gasteiger partial charge on any atom is -0.444 e. The Morgan fingerprint density at radius 1 is 1.07 bits per heavy atom. The third-order valence-corrected chi connectivity index (χ3v) is 8.07. The number of aromatic nitrogens is 2. The maximum atomic E-state index is 13.2. The van der Waals surface area contributed by atoms with Crippen LogP contribution < -0.4 is 15.1 Å². The number of amides is 2. The first-order valence-corrected chi connectivity index (χ1v) is 14.6. The normalized spacial score (nSPS) is 15.7. The van der Waals surface area contributed by atoms with Crippen LogP contribution in [0.2, 0.25) is 10.0 Å². The van der Waals surface area contributed by atoms with Crippen LogP contribution in [-0.4, -0.2) is 64.5 Å². The predicted octanol–water partition coefficient (Wildman–Crippen LogP) is 6.60. The summed E-state index contributed by atoms with van der Waals surface area (Å²) in [5.74, 6) is 0.490. The zero-order valence-corrected chi connectivity index (χ0v) is 25.0. The summed E-state index contributed by atoms with van der Waals surface area (Å²) in [7, 11) is 0. The van der Waals surface area contributed by atoms with Gasteiger partial charge in [0.05, 0.1) is 27.2 Å². The van der Waals surface area contributed by atoms with Gasteiger partial charge in [0, 0.05) is 43.8 Å². The number of anilines is 4. The summed E-state index contributed by atoms with van der Waals surface area (Å²) in [4.78, 5) is 40.2. The summed E-state index contributed by atoms with van der Waals surface area (Å²) in [6.07, 6.45) is 1.26. The molecule has 40 heavy (non-hydrogen) atoms. The van der Waals surface area contributed by atoms with Crippen molar-refractivity contribution in [1.29, 1.82) is 0 Å². The molecular formula is C28H30Cl2N6O3S. The monoisotopic (exact) mass is 600 g/mol. The average Bonchev–Trinajstić information content (AvgIpc) is 2.89. The Labute approximate surface area is 247 Å². The van der Waals surface area contributed by atoms with Crippen LogP contribution in [0.3, 0.4) is 0 Å². The number of carbonyl (C=O) groups is 2. The molecule has 3 aromatic rings. The fourth-order valence-electron chi connectivity index (χ4n) is 4.60. The lowest BCUT2D eigenvalue weighted by Gasteiger charge is -2.37. The van der Waals surface area contributed by atoms with E-state index in [0.29, 0.717) is 51.2 Å². The molecule has 1 fully saturated rings. The molecule has 0 radical (unpaired) electrons. The van der Waals surface area contributed by atoms with Crippen LogP contribution >= 0.6 is 35.0 Å². The Balaban J connectivity index is 1.24. The van der Waals surface area contributed by atoms with Crippen molar-refractivity contribution in [2.45, 2.75) is 38.3 Å². The molecule has 0 unspecified atom stereocenters. The van der Waals surface area contributed by atoms with Crippen LogP contribution in [0, 0.1) is 6.92 Å². The van der Waals surface area contributed by atoms with Crippen molar-refractivity contribution < 1.29 is 14.3 Å². The summed E-state index contributed by atoms with van der Waals surface area (Å²) in [6.45, 7) is 10.3. The molecule has 0 saturated carbocycles. The molecule has 0 spiro atoms. The molecule has 9 nitrogen and oxygen atoms in total. The molecule has 0 aliphatic carbocycles. The Kier molecular flexibility index (Phi) is 8.03. The maximum Gasteiger partial charge on any atom is 0.410 e. The molecule has 1 aromatic heterocycles. The third-order valence-electron chi connectivity index (χ3n) is 6.49. The van der Waals surface area contributed by atoms with Crippen molar-refractivity contribution >= 4 is 70.0 Å². The second-order valence-corrected chi connectivity index (χ2v) is 12.3. The summed E-state index contributed by atoms with van der Waals surface area (Å²) >= 11 is 14.1. The fourth-order valence-corrected chi connectivity index (χ4v) is 6.15. The van der Waals surface area contributed by atoms with E-state index in [2.05, 4.69) is 33.2 Å². The number of hydrogen-bond donors (Lipinski definition) is 1. The lowest BCUT2D eigenvalue weighted by Crippen LogP contribution is -2.50. The number of thioether (sulfide) groups is 1. The van der Waals surface area contributed by atoms with Crippen molar-refractivity contribution in [2.24, 2.45) is 0 Å². The lowest BCUT2D eigenvalue weighted by atomic mass is 10.1. The van der Waals surface area contributed by atoms with E-state index >= 15 is 0 Å². The number of hydrogen-bond acceptors (Lipinski definition) is 8. The van der Waals surface area contributed by atoms with E-state index in [4.69, 9.17) is 27.9 Å². The Hall–Kier alpha value is -3.21. The van der Waals surface area contributed by atoms with E-state index in [1.165, 1.54) is 18.0 Å². The second kappa shape index (κ2) is 11.3. The van der Waals surface area contributed by atoms with Gasteiger partial charge in [-0.3, -0.25) is 9.69 Å². The molecule has 2 aliphatic heterocycles. The average molecular weight is 602 g/mol. The molecular weight excluding hydrogens is 571 g/mol. The molecule has 2 amide bonds. The highest BCUT2D eigenvalue weighted by Gasteiger charge is 2.31. The summed E-state index contributed by atoms with van der Waals surface area (Å²) in [6, 6.07) is 11.2. The van der Waals surface area contributed by atoms with Crippen LogP contribution in [0.5, 0.6) is 0 Å². The van der Waals surface area contributed by atoms with Gasteiger partial charge in [0.15, 0.2) is 0 Å². The molecule has 0 atom stereocenters. The number of aryl methyl sites for hydroxylation is 1. The lowest BCUT2D eigenvalue weighted by molar-refractivity contribution is 0.0240. The fraction of sp³-hybridized carbons (Fsp3) is 0.357. The molecule has 0 bridgehead atoms. The van der Waals surface area contributed by atoms with E-state index < -0.39 is 5.60 Å². The topological polar surface area (TPSA) is 90.9 Å². The van der Waals surface area contributed by atoms with Crippen molar-refractivity contribution in [3.63, 3.8) is 0 Å². The number of para-hydroxylation sites is 1. The quantitative estimate of drug-likeness (QED) is 0.335. The standard InChI is InChI=1S/C28H30Cl2N6O3S/c1-17-14-18(8-9-22(17)34-10-12-35(13-11-34)27(38)39-28(2,3)4)32-26-31-15-19-24(33-26)40-16-36(25(19)37)23-20(29)6-5-7-21(23)30/h5-9,14-15H,10-13,16H2,1-4H3,(H,31,32,33). The molecule has 5 rings (SSSR count). The molecule has 3 heterocycles. The number of carbonyl (C=O) groups excluding carboxylic acids is 2. The van der Waals surface area contributed by atoms with Crippen LogP contribution in [0.15, 0.2) is 47.6 Å². The highest BCUT2D eigenvalue weighted by molar-refractivity contribution is 7.99. The SMILES string of the molecule is Cc1cc(Nc2ncc3c(n2)SCN(c2c(Cl)cccc2Cl)C3=O)ccc1N1CCN(C(=O)OC(C)(C)C)CC1. The van der Waals surface area contributed by atoms with Crippen LogP contribution in [-0.2, 0) is 4.74 Å². The van der Waals surface area contributed by atoms with Crippen molar-refractivity contribution in [3.05, 3.63) is 63.8 Å². The maximum absolute atomic E-state index is 13.2. The van der Waals surface area contributed by atoms with Gasteiger partial charge < -0.3 is 19.9 Å². The van der Waals surface area contributed by atoms with Gasteiger partial charge in [0.1, 0.15) is 10.6 Å². The zero-order valence-electron chi connectivity index (χ0n) is 22.7. The van der Waals surface area contributed by atoms with Gasteiger partial charge in [-0.2, -0.15) is 0 Å². The minimum atomic E-state index is -0.505. The van der Waals surface area contributed by atoms with E-state index in [1.807, 2.05) is 32.9 Å². The molecule has 1 N–H and O–H groups in total. The number of rotatable bonds is 4. The number of fused-ring (bicyclic) bond motifs is 1. The summed E-state index contributed by atoms with van der Waals surface area (Å²) in [5, 5.41) is 4.67. The summed E-state index contributed by atoms with van der Waals surface area (Å²) < 4.78 is 5.50. The van der Waals surface area contributed by atoms with Gasteiger partial charge in [-0.15, -0.1) is 0 Å². The number of benzene rings is 2. The number of ether oxygens (including phenoxy) is 1. The van der Waals surface area contributed by atoms with Crippen LogP contribution in [0.25, 0.3) is 0 Å². The summed E-state index contributed by atoms with van der Waals surface area (Å²) in [5.41, 5.74) is 3.41. The highest BCUT2D eigenvalue weighted by Crippen LogP contribution is 2.39. The van der Waals surface area contributed by atoms with Gasteiger partial charge in [0.25, 0.3) is 5.91 Å². The van der Waals surface area contributed by atoms with Gasteiger partial charge in [0.2, 0.25) is 5.95 Å². The van der Waals surface area contributed by atoms with Crippen LogP contribution in [0.1, 0.15) is 36.7 Å². The van der Waals surface area contributed by atoms with Gasteiger partial charge in [-0.25, -0.2) is 14.8 Å². The molecule has 2 aromatic carbocycles. The first-order chi connectivity index (χ1) is 19.0. The molecule has 2 aliphatic rings. The van der Waals surface area contributed by atoms with E-state index in [1.54, 1.807) is 28.0 Å². The smallest absolute Gasteiger partial charge is 0.410 e. The Morgan fingerprint density at radius 3 is 2.42 bits per heavy atom. The number of nitrogens with zero attached hydrogens (tertiary/aromatic N) is 5. The first-order valence-electron chi connectivity index (χ1n) is 12.9. The Bertz CT molecular complexity index is 1440. The number of halogens is 2. The second-order valence-electron chi connectivity index (χ2n) is 10.6. The van der Waals surface area contributed by atoms with Gasteiger partial charge in [-0.1, -0.05) is 41.0 Å². The molecule has 12 heteroatoms. The Morgan fingerprint density at radius 2 is 1.77 bits per heavy atom. The highest BCUT2D eigenvalue weighted by atomic mass is 35.5. The number of nitrogens with one attached hydrogen (secondary N) is 1. The minimum absolute atomic E-state index is 0.248. The predicted molar refractivity (Wildman–Crippen MR) is 161 cm³/mol. The van der Waals surface area contributed by atoms with Crippen molar-refractivity contribution in [2.75, 3.05) is 47.2 Å². The van der Waals surface area contributed by atoms with Crippen molar-refractivity contribution in [1.82, 2.24) is 14.9 Å². The van der Waals surface area contributed by atoms with E-state index in [9.17, 15) is 9.59 Å². The zero-order chi connectivity index (χ0) is 28.6. The largest absolute Gasteiger partial charge is 0.444 e. The van der Waals surface area contributed by atoms with Gasteiger partial charge in [-0.05, 0) is 63.6 Å².